The van der Waals surface area contributed by atoms with Gasteiger partial charge in [-0.05, 0) is 26.5 Å². The van der Waals surface area contributed by atoms with Crippen molar-refractivity contribution in [3.8, 4) is 0 Å². The van der Waals surface area contributed by atoms with E-state index in [2.05, 4.69) is 0 Å². The fourth-order valence-electron chi connectivity index (χ4n) is 1.66. The first kappa shape index (κ1) is 13.9. The number of aliphatic hydroxyl groups excluding tert-OH is 1. The van der Waals surface area contributed by atoms with Gasteiger partial charge in [-0.15, -0.1) is 0 Å². The van der Waals surface area contributed by atoms with Crippen molar-refractivity contribution in [2.75, 3.05) is 20.2 Å². The van der Waals surface area contributed by atoms with E-state index in [0.29, 0.717) is 13.0 Å². The maximum Gasteiger partial charge on any atom is 0.164 e. The second kappa shape index (κ2) is 6.52. The van der Waals surface area contributed by atoms with Crippen molar-refractivity contribution in [2.24, 2.45) is 0 Å². The molecule has 0 aliphatic heterocycles. The van der Waals surface area contributed by atoms with Crippen LogP contribution in [0.5, 0.6) is 0 Å². The van der Waals surface area contributed by atoms with Gasteiger partial charge >= 0.3 is 0 Å². The fraction of sp³-hybridized carbons (Fsp3) is 0.500. The van der Waals surface area contributed by atoms with E-state index in [1.54, 1.807) is 0 Å². The first-order valence-corrected chi connectivity index (χ1v) is 5.96. The van der Waals surface area contributed by atoms with Gasteiger partial charge in [0.2, 0.25) is 0 Å². The molecule has 1 atom stereocenters. The van der Waals surface area contributed by atoms with Crippen LogP contribution in [0.15, 0.2) is 24.3 Å². The Kier molecular flexibility index (Phi) is 5.32. The van der Waals surface area contributed by atoms with Gasteiger partial charge in [0.1, 0.15) is 0 Å². The van der Waals surface area contributed by atoms with Gasteiger partial charge in [-0.25, -0.2) is 0 Å². The Labute approximate surface area is 103 Å². The quantitative estimate of drug-likeness (QED) is 0.765. The van der Waals surface area contributed by atoms with Crippen LogP contribution in [0.3, 0.4) is 0 Å². The first-order valence-electron chi connectivity index (χ1n) is 5.96. The zero-order valence-corrected chi connectivity index (χ0v) is 10.8. The lowest BCUT2D eigenvalue weighted by Gasteiger charge is -2.22. The molecule has 0 saturated carbocycles. The van der Waals surface area contributed by atoms with Crippen molar-refractivity contribution >= 4 is 5.78 Å². The molecule has 1 aromatic rings. The fourth-order valence-corrected chi connectivity index (χ4v) is 1.66. The largest absolute Gasteiger partial charge is 0.395 e. The molecule has 3 heteroatoms. The third kappa shape index (κ3) is 3.95. The highest BCUT2D eigenvalue weighted by atomic mass is 16.3. The van der Waals surface area contributed by atoms with E-state index >= 15 is 0 Å². The van der Waals surface area contributed by atoms with Gasteiger partial charge in [0.15, 0.2) is 5.78 Å². The summed E-state index contributed by atoms with van der Waals surface area (Å²) in [6, 6.07) is 7.74. The minimum absolute atomic E-state index is 0.0969. The van der Waals surface area contributed by atoms with E-state index in [-0.39, 0.29) is 18.4 Å². The number of hydrogen-bond acceptors (Lipinski definition) is 3. The molecule has 0 saturated heterocycles. The summed E-state index contributed by atoms with van der Waals surface area (Å²) < 4.78 is 0. The van der Waals surface area contributed by atoms with Crippen LogP contribution in [-0.2, 0) is 0 Å². The predicted octanol–water partition coefficient (Wildman–Crippen LogP) is 1.88. The number of benzene rings is 1. The minimum atomic E-state index is 0.0969. The lowest BCUT2D eigenvalue weighted by molar-refractivity contribution is 0.0946. The molecule has 0 spiro atoms. The normalized spacial score (nSPS) is 12.8. The molecule has 3 nitrogen and oxygen atoms in total. The van der Waals surface area contributed by atoms with Crippen LogP contribution >= 0.6 is 0 Å². The number of nitrogens with zero attached hydrogens (tertiary/aromatic N) is 1. The van der Waals surface area contributed by atoms with Crippen LogP contribution < -0.4 is 0 Å². The highest BCUT2D eigenvalue weighted by Gasteiger charge is 2.12. The van der Waals surface area contributed by atoms with Gasteiger partial charge in [0.05, 0.1) is 6.61 Å². The molecule has 1 aromatic carbocycles. The predicted molar refractivity (Wildman–Crippen MR) is 69.3 cm³/mol. The average molecular weight is 235 g/mol. The molecule has 0 radical (unpaired) electrons. The van der Waals surface area contributed by atoms with E-state index in [9.17, 15) is 4.79 Å². The Morgan fingerprint density at radius 3 is 2.65 bits per heavy atom. The first-order chi connectivity index (χ1) is 8.06. The van der Waals surface area contributed by atoms with Crippen molar-refractivity contribution in [1.82, 2.24) is 4.90 Å². The Bertz CT molecular complexity index is 376. The van der Waals surface area contributed by atoms with Crippen molar-refractivity contribution in [3.05, 3.63) is 35.4 Å². The van der Waals surface area contributed by atoms with Crippen molar-refractivity contribution in [2.45, 2.75) is 26.3 Å². The van der Waals surface area contributed by atoms with Gasteiger partial charge in [-0.1, -0.05) is 24.3 Å². The molecule has 0 fully saturated rings. The molecule has 0 heterocycles. The molecule has 0 aromatic heterocycles. The van der Waals surface area contributed by atoms with Crippen molar-refractivity contribution in [1.29, 1.82) is 0 Å². The summed E-state index contributed by atoms with van der Waals surface area (Å²) in [4.78, 5) is 14.0. The van der Waals surface area contributed by atoms with Crippen LogP contribution in [-0.4, -0.2) is 42.0 Å². The number of hydrogen-bond donors (Lipinski definition) is 1. The lowest BCUT2D eigenvalue weighted by atomic mass is 10.0. The summed E-state index contributed by atoms with van der Waals surface area (Å²) in [5, 5.41) is 9.00. The van der Waals surface area contributed by atoms with Crippen molar-refractivity contribution < 1.29 is 9.90 Å². The molecule has 1 N–H and O–H groups in total. The maximum absolute atomic E-state index is 12.0. The van der Waals surface area contributed by atoms with Gasteiger partial charge < -0.3 is 10.0 Å². The third-order valence-electron chi connectivity index (χ3n) is 3.15. The number of rotatable bonds is 6. The summed E-state index contributed by atoms with van der Waals surface area (Å²) in [6.45, 7) is 4.69. The summed E-state index contributed by atoms with van der Waals surface area (Å²) in [7, 11) is 1.92. The van der Waals surface area contributed by atoms with Gasteiger partial charge in [-0.2, -0.15) is 0 Å². The third-order valence-corrected chi connectivity index (χ3v) is 3.15. The zero-order valence-electron chi connectivity index (χ0n) is 10.8. The molecule has 0 amide bonds. The Balaban J connectivity index is 2.54. The maximum atomic E-state index is 12.0. The molecule has 0 aliphatic rings. The molecule has 17 heavy (non-hydrogen) atoms. The monoisotopic (exact) mass is 235 g/mol. The molecule has 94 valence electrons. The van der Waals surface area contributed by atoms with Crippen LogP contribution in [0, 0.1) is 6.92 Å². The second-order valence-corrected chi connectivity index (χ2v) is 4.50. The Hall–Kier alpha value is -1.19. The van der Waals surface area contributed by atoms with Crippen LogP contribution in [0.25, 0.3) is 0 Å². The van der Waals surface area contributed by atoms with E-state index in [1.807, 2.05) is 50.1 Å². The number of ketones is 1. The summed E-state index contributed by atoms with van der Waals surface area (Å²) >= 11 is 0. The van der Waals surface area contributed by atoms with Crippen LogP contribution in [0.4, 0.5) is 0 Å². The van der Waals surface area contributed by atoms with E-state index in [1.165, 1.54) is 0 Å². The summed E-state index contributed by atoms with van der Waals surface area (Å²) in [5.41, 5.74) is 1.83. The Morgan fingerprint density at radius 1 is 1.41 bits per heavy atom. The number of carbonyl (C=O) groups excluding carboxylic acids is 1. The van der Waals surface area contributed by atoms with Crippen LogP contribution in [0.1, 0.15) is 29.3 Å². The molecular weight excluding hydrogens is 214 g/mol. The van der Waals surface area contributed by atoms with Crippen molar-refractivity contribution in [3.63, 3.8) is 0 Å². The number of aliphatic hydroxyl groups is 1. The number of aryl methyl sites for hydroxylation is 1. The lowest BCUT2D eigenvalue weighted by Crippen LogP contribution is -2.33. The number of carbonyl (C=O) groups is 1. The zero-order chi connectivity index (χ0) is 12.8. The van der Waals surface area contributed by atoms with E-state index < -0.39 is 0 Å². The minimum Gasteiger partial charge on any atom is -0.395 e. The van der Waals surface area contributed by atoms with Crippen LogP contribution in [0.2, 0.25) is 0 Å². The van der Waals surface area contributed by atoms with E-state index in [0.717, 1.165) is 11.1 Å². The number of likely N-dealkylation sites (N-methyl/N-ethyl adjacent to an activating group) is 1. The summed E-state index contributed by atoms with van der Waals surface area (Å²) in [6.07, 6.45) is 0.492. The second-order valence-electron chi connectivity index (χ2n) is 4.50. The highest BCUT2D eigenvalue weighted by Crippen LogP contribution is 2.10. The molecule has 0 aliphatic carbocycles. The molecular formula is C14H21NO2. The molecule has 1 unspecified atom stereocenters. The van der Waals surface area contributed by atoms with Gasteiger partial charge in [0.25, 0.3) is 0 Å². The van der Waals surface area contributed by atoms with Gasteiger partial charge in [-0.3, -0.25) is 4.79 Å². The van der Waals surface area contributed by atoms with E-state index in [4.69, 9.17) is 5.11 Å². The molecule has 0 bridgehead atoms. The average Bonchev–Trinajstić information content (AvgIpc) is 2.35. The topological polar surface area (TPSA) is 40.5 Å². The Morgan fingerprint density at radius 2 is 2.06 bits per heavy atom. The SMILES string of the molecule is Cc1ccccc1C(=O)CCN(C)C(C)CO. The smallest absolute Gasteiger partial charge is 0.164 e. The molecule has 1 rings (SSSR count). The highest BCUT2D eigenvalue weighted by molar-refractivity contribution is 5.97. The number of Topliss-reactive ketones (excluding diaryl/α,β-unsaturated/α-hetero) is 1. The van der Waals surface area contributed by atoms with Gasteiger partial charge in [0, 0.05) is 24.6 Å². The summed E-state index contributed by atoms with van der Waals surface area (Å²) in [5.74, 6) is 0.167. The standard InChI is InChI=1S/C14H21NO2/c1-11-6-4-5-7-13(11)14(17)8-9-15(3)12(2)10-16/h4-7,12,16H,8-10H2,1-3H3.